The average Bonchev–Trinajstić information content (AvgIpc) is 2.91. The third-order valence-corrected chi connectivity index (χ3v) is 3.38. The molecule has 0 aliphatic carbocycles. The van der Waals surface area contributed by atoms with Gasteiger partial charge in [-0.25, -0.2) is 0 Å². The van der Waals surface area contributed by atoms with Crippen LogP contribution in [0.25, 0.3) is 0 Å². The number of hydrogen-bond acceptors (Lipinski definition) is 3. The summed E-state index contributed by atoms with van der Waals surface area (Å²) in [7, 11) is 1.86. The average molecular weight is 287 g/mol. The second kappa shape index (κ2) is 7.47. The molecule has 1 aromatic heterocycles. The topological polar surface area (TPSA) is 56.1 Å². The third-order valence-electron chi connectivity index (χ3n) is 3.38. The normalized spacial score (nSPS) is 11.9. The minimum atomic E-state index is -0.0815. The Morgan fingerprint density at radius 3 is 2.76 bits per heavy atom. The van der Waals surface area contributed by atoms with Crippen molar-refractivity contribution in [3.63, 3.8) is 0 Å². The summed E-state index contributed by atoms with van der Waals surface area (Å²) in [5.41, 5.74) is 0.982. The van der Waals surface area contributed by atoms with E-state index in [1.165, 1.54) is 0 Å². The van der Waals surface area contributed by atoms with Crippen LogP contribution in [0.1, 0.15) is 19.0 Å². The zero-order chi connectivity index (χ0) is 15.1. The van der Waals surface area contributed by atoms with E-state index in [9.17, 15) is 4.79 Å². The number of carbonyl (C=O) groups excluding carboxylic acids is 1. The van der Waals surface area contributed by atoms with Gasteiger partial charge in [-0.1, -0.05) is 25.1 Å². The second-order valence-corrected chi connectivity index (χ2v) is 5.02. The molecule has 2 rings (SSSR count). The van der Waals surface area contributed by atoms with Crippen LogP contribution < -0.4 is 10.1 Å². The smallest absolute Gasteiger partial charge is 0.223 e. The number of rotatable bonds is 7. The molecule has 5 nitrogen and oxygen atoms in total. The van der Waals surface area contributed by atoms with Crippen molar-refractivity contribution in [1.82, 2.24) is 15.1 Å². The van der Waals surface area contributed by atoms with Crippen LogP contribution >= 0.6 is 0 Å². The van der Waals surface area contributed by atoms with Gasteiger partial charge in [0.1, 0.15) is 5.75 Å². The van der Waals surface area contributed by atoms with Gasteiger partial charge in [0.05, 0.1) is 18.8 Å². The third kappa shape index (κ3) is 4.63. The first kappa shape index (κ1) is 15.1. The van der Waals surface area contributed by atoms with E-state index in [0.29, 0.717) is 19.6 Å². The highest BCUT2D eigenvalue weighted by molar-refractivity contribution is 5.78. The number of benzene rings is 1. The number of aryl methyl sites for hydroxylation is 1. The van der Waals surface area contributed by atoms with Crippen LogP contribution in [0.5, 0.6) is 5.75 Å². The lowest BCUT2D eigenvalue weighted by atomic mass is 10.1. The summed E-state index contributed by atoms with van der Waals surface area (Å²) in [6.45, 7) is 2.94. The Balaban J connectivity index is 1.69. The van der Waals surface area contributed by atoms with Crippen LogP contribution in [0, 0.1) is 5.92 Å². The Bertz CT molecular complexity index is 566. The van der Waals surface area contributed by atoms with E-state index >= 15 is 0 Å². The molecule has 1 N–H and O–H groups in total. The summed E-state index contributed by atoms with van der Waals surface area (Å²) >= 11 is 0. The van der Waals surface area contributed by atoms with Gasteiger partial charge in [0, 0.05) is 19.2 Å². The highest BCUT2D eigenvalue weighted by Crippen LogP contribution is 2.10. The van der Waals surface area contributed by atoms with Crippen molar-refractivity contribution in [2.45, 2.75) is 19.9 Å². The van der Waals surface area contributed by atoms with Gasteiger partial charge < -0.3 is 10.1 Å². The Hall–Kier alpha value is -2.30. The van der Waals surface area contributed by atoms with Crippen molar-refractivity contribution in [3.8, 4) is 5.75 Å². The standard InChI is InChI=1S/C16H21N3O2/c1-13(9-11-21-15-6-4-3-5-7-15)16(20)17-12-14-8-10-18-19(14)2/h3-8,10,13H,9,11-12H2,1-2H3,(H,17,20)/t13-/m1/s1. The van der Waals surface area contributed by atoms with Crippen molar-refractivity contribution < 1.29 is 9.53 Å². The van der Waals surface area contributed by atoms with Crippen molar-refractivity contribution >= 4 is 5.91 Å². The molecular weight excluding hydrogens is 266 g/mol. The van der Waals surface area contributed by atoms with E-state index in [2.05, 4.69) is 10.4 Å². The van der Waals surface area contributed by atoms with Gasteiger partial charge in [0.2, 0.25) is 5.91 Å². The fourth-order valence-corrected chi connectivity index (χ4v) is 1.93. The zero-order valence-corrected chi connectivity index (χ0v) is 12.5. The predicted molar refractivity (Wildman–Crippen MR) is 80.8 cm³/mol. The maximum absolute atomic E-state index is 12.0. The van der Waals surface area contributed by atoms with E-state index in [1.807, 2.05) is 50.4 Å². The molecular formula is C16H21N3O2. The van der Waals surface area contributed by atoms with Crippen LogP contribution in [-0.4, -0.2) is 22.3 Å². The molecule has 0 bridgehead atoms. The SMILES string of the molecule is C[C@H](CCOc1ccccc1)C(=O)NCc1ccnn1C. The van der Waals surface area contributed by atoms with Gasteiger partial charge in [0.25, 0.3) is 0 Å². The Kier molecular flexibility index (Phi) is 5.37. The lowest BCUT2D eigenvalue weighted by Gasteiger charge is -2.13. The maximum Gasteiger partial charge on any atom is 0.223 e. The number of carbonyl (C=O) groups is 1. The van der Waals surface area contributed by atoms with E-state index in [4.69, 9.17) is 4.74 Å². The van der Waals surface area contributed by atoms with Crippen LogP contribution in [0.3, 0.4) is 0 Å². The van der Waals surface area contributed by atoms with Gasteiger partial charge in [-0.2, -0.15) is 5.10 Å². The Morgan fingerprint density at radius 1 is 1.33 bits per heavy atom. The molecule has 0 aliphatic heterocycles. The molecule has 1 heterocycles. The molecule has 2 aromatic rings. The minimum absolute atomic E-state index is 0.0351. The summed E-state index contributed by atoms with van der Waals surface area (Å²) in [6, 6.07) is 11.5. The van der Waals surface area contributed by atoms with Gasteiger partial charge in [-0.3, -0.25) is 9.48 Å². The molecule has 0 aliphatic rings. The molecule has 5 heteroatoms. The molecule has 0 spiro atoms. The lowest BCUT2D eigenvalue weighted by molar-refractivity contribution is -0.125. The molecule has 1 aromatic carbocycles. The molecule has 21 heavy (non-hydrogen) atoms. The summed E-state index contributed by atoms with van der Waals surface area (Å²) in [5.74, 6) is 0.787. The monoisotopic (exact) mass is 287 g/mol. The van der Waals surface area contributed by atoms with Gasteiger partial charge in [-0.15, -0.1) is 0 Å². The number of para-hydroxylation sites is 1. The summed E-state index contributed by atoms with van der Waals surface area (Å²) in [6.07, 6.45) is 2.41. The maximum atomic E-state index is 12.0. The summed E-state index contributed by atoms with van der Waals surface area (Å²) in [5, 5.41) is 6.99. The highest BCUT2D eigenvalue weighted by atomic mass is 16.5. The Morgan fingerprint density at radius 2 is 2.10 bits per heavy atom. The first-order valence-electron chi connectivity index (χ1n) is 7.09. The molecule has 1 amide bonds. The van der Waals surface area contributed by atoms with Gasteiger partial charge >= 0.3 is 0 Å². The van der Waals surface area contributed by atoms with Crippen LogP contribution in [0.2, 0.25) is 0 Å². The molecule has 1 atom stereocenters. The number of nitrogens with one attached hydrogen (secondary N) is 1. The van der Waals surface area contributed by atoms with Crippen LogP contribution in [-0.2, 0) is 18.4 Å². The summed E-state index contributed by atoms with van der Waals surface area (Å²) in [4.78, 5) is 12.0. The predicted octanol–water partition coefficient (Wildman–Crippen LogP) is 2.14. The zero-order valence-electron chi connectivity index (χ0n) is 12.5. The van der Waals surface area contributed by atoms with E-state index < -0.39 is 0 Å². The van der Waals surface area contributed by atoms with Gasteiger partial charge in [0.15, 0.2) is 0 Å². The number of ether oxygens (including phenoxy) is 1. The van der Waals surface area contributed by atoms with Gasteiger partial charge in [-0.05, 0) is 24.6 Å². The van der Waals surface area contributed by atoms with Crippen molar-refractivity contribution in [2.24, 2.45) is 13.0 Å². The molecule has 0 fully saturated rings. The molecule has 112 valence electrons. The van der Waals surface area contributed by atoms with E-state index in [0.717, 1.165) is 11.4 Å². The van der Waals surface area contributed by atoms with Crippen molar-refractivity contribution in [2.75, 3.05) is 6.61 Å². The number of nitrogens with zero attached hydrogens (tertiary/aromatic N) is 2. The number of aromatic nitrogens is 2. The molecule has 0 saturated carbocycles. The van der Waals surface area contributed by atoms with Crippen molar-refractivity contribution in [1.29, 1.82) is 0 Å². The second-order valence-electron chi connectivity index (χ2n) is 5.02. The first-order valence-corrected chi connectivity index (χ1v) is 7.09. The first-order chi connectivity index (χ1) is 10.2. The summed E-state index contributed by atoms with van der Waals surface area (Å²) < 4.78 is 7.36. The molecule has 0 radical (unpaired) electrons. The van der Waals surface area contributed by atoms with E-state index in [1.54, 1.807) is 10.9 Å². The molecule has 0 saturated heterocycles. The lowest BCUT2D eigenvalue weighted by Crippen LogP contribution is -2.30. The van der Waals surface area contributed by atoms with Crippen LogP contribution in [0.15, 0.2) is 42.6 Å². The highest BCUT2D eigenvalue weighted by Gasteiger charge is 2.13. The fourth-order valence-electron chi connectivity index (χ4n) is 1.93. The minimum Gasteiger partial charge on any atom is -0.494 e. The van der Waals surface area contributed by atoms with Crippen LogP contribution in [0.4, 0.5) is 0 Å². The number of hydrogen-bond donors (Lipinski definition) is 1. The Labute approximate surface area is 124 Å². The molecule has 0 unspecified atom stereocenters. The van der Waals surface area contributed by atoms with Crippen molar-refractivity contribution in [3.05, 3.63) is 48.3 Å². The number of amides is 1. The van der Waals surface area contributed by atoms with E-state index in [-0.39, 0.29) is 11.8 Å². The quantitative estimate of drug-likeness (QED) is 0.849. The fraction of sp³-hybridized carbons (Fsp3) is 0.375. The largest absolute Gasteiger partial charge is 0.494 e.